The number of hydrogen-bond donors (Lipinski definition) is 2. The highest BCUT2D eigenvalue weighted by molar-refractivity contribution is 5.92. The molecule has 1 aromatic heterocycles. The van der Waals surface area contributed by atoms with E-state index in [0.29, 0.717) is 29.9 Å². The summed E-state index contributed by atoms with van der Waals surface area (Å²) in [6.45, 7) is 2.34. The molecule has 1 amide bonds. The van der Waals surface area contributed by atoms with Crippen LogP contribution in [0.25, 0.3) is 0 Å². The van der Waals surface area contributed by atoms with Crippen LogP contribution in [0.15, 0.2) is 12.1 Å². The van der Waals surface area contributed by atoms with Gasteiger partial charge in [-0.25, -0.2) is 4.98 Å². The Bertz CT molecular complexity index is 438. The van der Waals surface area contributed by atoms with Gasteiger partial charge in [-0.2, -0.15) is 5.26 Å². The van der Waals surface area contributed by atoms with Crippen LogP contribution in [-0.2, 0) is 0 Å². The van der Waals surface area contributed by atoms with Gasteiger partial charge in [-0.1, -0.05) is 0 Å². The molecule has 0 aliphatic rings. The number of aliphatic hydroxyl groups excluding tert-OH is 1. The predicted molar refractivity (Wildman–Crippen MR) is 62.3 cm³/mol. The molecule has 0 saturated heterocycles. The number of nitrogens with one attached hydrogen (secondary N) is 1. The normalized spacial score (nSPS) is 9.71. The monoisotopic (exact) mass is 233 g/mol. The van der Waals surface area contributed by atoms with Gasteiger partial charge in [0.15, 0.2) is 0 Å². The van der Waals surface area contributed by atoms with Crippen LogP contribution in [0.5, 0.6) is 0 Å². The van der Waals surface area contributed by atoms with E-state index in [-0.39, 0.29) is 12.5 Å². The van der Waals surface area contributed by atoms with Crippen LogP contribution in [0.1, 0.15) is 34.6 Å². The second-order valence-electron chi connectivity index (χ2n) is 3.63. The number of unbranched alkanes of at least 4 members (excludes halogenated alkanes) is 1. The van der Waals surface area contributed by atoms with Gasteiger partial charge in [-0.15, -0.1) is 0 Å². The van der Waals surface area contributed by atoms with Crippen molar-refractivity contribution in [3.63, 3.8) is 0 Å². The van der Waals surface area contributed by atoms with Crippen molar-refractivity contribution in [2.45, 2.75) is 19.8 Å². The molecule has 0 radical (unpaired) electrons. The summed E-state index contributed by atoms with van der Waals surface area (Å²) in [5, 5.41) is 20.0. The first-order valence-corrected chi connectivity index (χ1v) is 5.46. The largest absolute Gasteiger partial charge is 0.396 e. The van der Waals surface area contributed by atoms with Crippen LogP contribution in [-0.4, -0.2) is 29.1 Å². The van der Waals surface area contributed by atoms with Crippen molar-refractivity contribution >= 4 is 5.91 Å². The van der Waals surface area contributed by atoms with Gasteiger partial charge < -0.3 is 10.4 Å². The van der Waals surface area contributed by atoms with E-state index in [2.05, 4.69) is 10.3 Å². The molecule has 5 nitrogen and oxygen atoms in total. The number of rotatable bonds is 5. The lowest BCUT2D eigenvalue weighted by molar-refractivity contribution is 0.0947. The van der Waals surface area contributed by atoms with Gasteiger partial charge in [0.2, 0.25) is 0 Å². The zero-order chi connectivity index (χ0) is 12.7. The minimum atomic E-state index is -0.254. The number of aryl methyl sites for hydroxylation is 1. The van der Waals surface area contributed by atoms with Gasteiger partial charge in [0.05, 0.1) is 11.3 Å². The lowest BCUT2D eigenvalue weighted by Gasteiger charge is -2.05. The summed E-state index contributed by atoms with van der Waals surface area (Å²) in [7, 11) is 0. The van der Waals surface area contributed by atoms with E-state index in [1.165, 1.54) is 6.07 Å². The van der Waals surface area contributed by atoms with Crippen molar-refractivity contribution in [1.29, 1.82) is 5.26 Å². The van der Waals surface area contributed by atoms with E-state index in [1.54, 1.807) is 13.0 Å². The SMILES string of the molecule is Cc1nc(C(=O)NCCCCO)ccc1C#N. The van der Waals surface area contributed by atoms with Crippen molar-refractivity contribution in [1.82, 2.24) is 10.3 Å². The Morgan fingerprint density at radius 2 is 2.29 bits per heavy atom. The molecule has 0 saturated carbocycles. The Balaban J connectivity index is 2.58. The second kappa shape index (κ2) is 6.61. The third kappa shape index (κ3) is 3.85. The molecular weight excluding hydrogens is 218 g/mol. The summed E-state index contributed by atoms with van der Waals surface area (Å²) in [5.41, 5.74) is 1.34. The molecule has 0 aromatic carbocycles. The lowest BCUT2D eigenvalue weighted by atomic mass is 10.2. The highest BCUT2D eigenvalue weighted by Crippen LogP contribution is 2.05. The summed E-state index contributed by atoms with van der Waals surface area (Å²) in [4.78, 5) is 15.7. The first kappa shape index (κ1) is 13.1. The van der Waals surface area contributed by atoms with Gasteiger partial charge in [0, 0.05) is 13.2 Å². The molecule has 90 valence electrons. The number of aliphatic hydroxyl groups is 1. The highest BCUT2D eigenvalue weighted by Gasteiger charge is 2.08. The molecule has 0 atom stereocenters. The molecule has 1 heterocycles. The molecule has 0 unspecified atom stereocenters. The van der Waals surface area contributed by atoms with Crippen LogP contribution in [0.2, 0.25) is 0 Å². The maximum absolute atomic E-state index is 11.6. The standard InChI is InChI=1S/C12H15N3O2/c1-9-10(8-13)4-5-11(15-9)12(17)14-6-2-3-7-16/h4-5,16H,2-3,6-7H2,1H3,(H,14,17). The number of carbonyl (C=O) groups is 1. The molecule has 0 bridgehead atoms. The summed E-state index contributed by atoms with van der Waals surface area (Å²) in [5.74, 6) is -0.254. The molecule has 2 N–H and O–H groups in total. The molecule has 1 rings (SSSR count). The van der Waals surface area contributed by atoms with Crippen LogP contribution in [0.4, 0.5) is 0 Å². The molecule has 1 aromatic rings. The van der Waals surface area contributed by atoms with Crippen molar-refractivity contribution < 1.29 is 9.90 Å². The Labute approximate surface area is 100 Å². The smallest absolute Gasteiger partial charge is 0.269 e. The molecule has 0 fully saturated rings. The topological polar surface area (TPSA) is 86.0 Å². The Morgan fingerprint density at radius 3 is 2.88 bits per heavy atom. The van der Waals surface area contributed by atoms with Crippen LogP contribution in [0.3, 0.4) is 0 Å². The third-order valence-corrected chi connectivity index (χ3v) is 2.31. The number of pyridine rings is 1. The summed E-state index contributed by atoms with van der Waals surface area (Å²) in [6.07, 6.45) is 1.40. The maximum atomic E-state index is 11.6. The highest BCUT2D eigenvalue weighted by atomic mass is 16.2. The molecule has 0 aliphatic carbocycles. The van der Waals surface area contributed by atoms with E-state index in [9.17, 15) is 4.79 Å². The first-order chi connectivity index (χ1) is 8.19. The lowest BCUT2D eigenvalue weighted by Crippen LogP contribution is -2.25. The van der Waals surface area contributed by atoms with Crippen molar-refractivity contribution in [2.75, 3.05) is 13.2 Å². The zero-order valence-electron chi connectivity index (χ0n) is 9.73. The molecule has 0 aliphatic heterocycles. The minimum Gasteiger partial charge on any atom is -0.396 e. The average molecular weight is 233 g/mol. The summed E-state index contributed by atoms with van der Waals surface area (Å²) in [6, 6.07) is 5.12. The van der Waals surface area contributed by atoms with E-state index in [4.69, 9.17) is 10.4 Å². The number of hydrogen-bond acceptors (Lipinski definition) is 4. The number of amides is 1. The van der Waals surface area contributed by atoms with Gasteiger partial charge in [-0.05, 0) is 31.9 Å². The van der Waals surface area contributed by atoms with Crippen LogP contribution >= 0.6 is 0 Å². The fourth-order valence-corrected chi connectivity index (χ4v) is 1.33. The van der Waals surface area contributed by atoms with Gasteiger partial charge in [-0.3, -0.25) is 4.79 Å². The first-order valence-electron chi connectivity index (χ1n) is 5.46. The number of carbonyl (C=O) groups excluding carboxylic acids is 1. The van der Waals surface area contributed by atoms with Gasteiger partial charge in [0.1, 0.15) is 11.8 Å². The second-order valence-corrected chi connectivity index (χ2v) is 3.63. The molecular formula is C12H15N3O2. The van der Waals surface area contributed by atoms with Gasteiger partial charge in [0.25, 0.3) is 5.91 Å². The average Bonchev–Trinajstić information content (AvgIpc) is 2.34. The molecule has 5 heteroatoms. The van der Waals surface area contributed by atoms with E-state index >= 15 is 0 Å². The van der Waals surface area contributed by atoms with E-state index in [0.717, 1.165) is 6.42 Å². The maximum Gasteiger partial charge on any atom is 0.269 e. The van der Waals surface area contributed by atoms with Crippen LogP contribution < -0.4 is 5.32 Å². The van der Waals surface area contributed by atoms with Gasteiger partial charge >= 0.3 is 0 Å². The summed E-state index contributed by atoms with van der Waals surface area (Å²) >= 11 is 0. The third-order valence-electron chi connectivity index (χ3n) is 2.31. The van der Waals surface area contributed by atoms with E-state index < -0.39 is 0 Å². The zero-order valence-corrected chi connectivity index (χ0v) is 9.73. The number of nitrogens with zero attached hydrogens (tertiary/aromatic N) is 2. The molecule has 17 heavy (non-hydrogen) atoms. The minimum absolute atomic E-state index is 0.129. The van der Waals surface area contributed by atoms with Crippen molar-refractivity contribution in [2.24, 2.45) is 0 Å². The molecule has 0 spiro atoms. The van der Waals surface area contributed by atoms with E-state index in [1.807, 2.05) is 6.07 Å². The Morgan fingerprint density at radius 1 is 1.53 bits per heavy atom. The fraction of sp³-hybridized carbons (Fsp3) is 0.417. The van der Waals surface area contributed by atoms with Crippen LogP contribution in [0, 0.1) is 18.3 Å². The number of aromatic nitrogens is 1. The predicted octanol–water partition coefficient (Wildman–Crippen LogP) is 0.764. The number of nitriles is 1. The van der Waals surface area contributed by atoms with Crippen molar-refractivity contribution in [3.8, 4) is 6.07 Å². The summed E-state index contributed by atoms with van der Waals surface area (Å²) < 4.78 is 0. The van der Waals surface area contributed by atoms with Crippen molar-refractivity contribution in [3.05, 3.63) is 29.1 Å². The Hall–Kier alpha value is -1.93. The fourth-order valence-electron chi connectivity index (χ4n) is 1.33. The Kier molecular flexibility index (Phi) is 5.11. The quantitative estimate of drug-likeness (QED) is 0.735.